The molecule has 4 rings (SSSR count). The summed E-state index contributed by atoms with van der Waals surface area (Å²) >= 11 is 0. The summed E-state index contributed by atoms with van der Waals surface area (Å²) in [6.07, 6.45) is 6.08. The summed E-state index contributed by atoms with van der Waals surface area (Å²) in [6.45, 7) is 2.12. The number of nitrogens with two attached hydrogens (primary N) is 1. The zero-order valence-corrected chi connectivity index (χ0v) is 13.2. The number of aromatic amines is 1. The fraction of sp³-hybridized carbons (Fsp3) is 0.176. The molecule has 3 N–H and O–H groups in total. The van der Waals surface area contributed by atoms with Crippen LogP contribution in [0.2, 0.25) is 0 Å². The summed E-state index contributed by atoms with van der Waals surface area (Å²) in [7, 11) is 0. The van der Waals surface area contributed by atoms with E-state index < -0.39 is 0 Å². The molecule has 0 saturated carbocycles. The highest BCUT2D eigenvalue weighted by Gasteiger charge is 2.10. The van der Waals surface area contributed by atoms with Gasteiger partial charge in [-0.25, -0.2) is 9.97 Å². The summed E-state index contributed by atoms with van der Waals surface area (Å²) in [4.78, 5) is 8.80. The molecule has 7 nitrogen and oxygen atoms in total. The predicted molar refractivity (Wildman–Crippen MR) is 91.4 cm³/mol. The number of rotatable bonds is 4. The Balaban J connectivity index is 1.56. The summed E-state index contributed by atoms with van der Waals surface area (Å²) < 4.78 is 1.93. The van der Waals surface area contributed by atoms with E-state index in [1.165, 1.54) is 5.56 Å². The van der Waals surface area contributed by atoms with Crippen LogP contribution in [0.4, 0.5) is 5.82 Å². The smallest absolute Gasteiger partial charge is 0.186 e. The molecular weight excluding hydrogens is 302 g/mol. The molecule has 1 aromatic carbocycles. The highest BCUT2D eigenvalue weighted by atomic mass is 15.3. The van der Waals surface area contributed by atoms with Gasteiger partial charge in [-0.15, -0.1) is 0 Å². The molecule has 1 atom stereocenters. The number of hydrogen-bond acceptors (Lipinski definition) is 5. The number of nitrogens with zero attached hydrogens (tertiary/aromatic N) is 5. The van der Waals surface area contributed by atoms with Gasteiger partial charge in [0.2, 0.25) is 0 Å². The van der Waals surface area contributed by atoms with Crippen molar-refractivity contribution in [2.24, 2.45) is 0 Å². The van der Waals surface area contributed by atoms with E-state index in [-0.39, 0.29) is 6.04 Å². The molecule has 0 bridgehead atoms. The Morgan fingerprint density at radius 1 is 1.21 bits per heavy atom. The van der Waals surface area contributed by atoms with Gasteiger partial charge in [-0.05, 0) is 24.1 Å². The van der Waals surface area contributed by atoms with Crippen LogP contribution in [0.5, 0.6) is 0 Å². The largest absolute Gasteiger partial charge is 0.383 e. The van der Waals surface area contributed by atoms with Crippen LogP contribution in [0.1, 0.15) is 29.9 Å². The molecule has 0 spiro atoms. The fourth-order valence-electron chi connectivity index (χ4n) is 2.74. The molecule has 0 aliphatic carbocycles. The maximum absolute atomic E-state index is 5.95. The molecule has 24 heavy (non-hydrogen) atoms. The zero-order chi connectivity index (χ0) is 16.5. The van der Waals surface area contributed by atoms with Crippen LogP contribution in [-0.4, -0.2) is 29.9 Å². The molecule has 1 unspecified atom stereocenters. The maximum Gasteiger partial charge on any atom is 0.186 e. The third-order valence-electron chi connectivity index (χ3n) is 4.13. The van der Waals surface area contributed by atoms with Crippen molar-refractivity contribution in [2.75, 3.05) is 5.73 Å². The lowest BCUT2D eigenvalue weighted by molar-refractivity contribution is 0.564. The maximum atomic E-state index is 5.95. The van der Waals surface area contributed by atoms with Gasteiger partial charge in [-0.1, -0.05) is 24.3 Å². The van der Waals surface area contributed by atoms with Gasteiger partial charge in [0.05, 0.1) is 11.4 Å². The van der Waals surface area contributed by atoms with E-state index in [1.807, 2.05) is 16.9 Å². The lowest BCUT2D eigenvalue weighted by atomic mass is 10.0. The van der Waals surface area contributed by atoms with Crippen molar-refractivity contribution in [1.29, 1.82) is 0 Å². The molecule has 3 heterocycles. The first-order chi connectivity index (χ1) is 11.7. The van der Waals surface area contributed by atoms with Crippen LogP contribution in [0, 0.1) is 0 Å². The zero-order valence-electron chi connectivity index (χ0n) is 13.2. The third-order valence-corrected chi connectivity index (χ3v) is 4.13. The number of hydrogen-bond donors (Lipinski definition) is 2. The van der Waals surface area contributed by atoms with E-state index >= 15 is 0 Å². The van der Waals surface area contributed by atoms with E-state index in [1.54, 1.807) is 12.4 Å². The number of nitrogens with one attached hydrogen (secondary N) is 1. The van der Waals surface area contributed by atoms with E-state index in [0.29, 0.717) is 23.7 Å². The number of nitrogen functional groups attached to an aromatic ring is 1. The second kappa shape index (κ2) is 5.77. The average Bonchev–Trinajstić information content (AvgIpc) is 3.26. The summed E-state index contributed by atoms with van der Waals surface area (Å²) in [5, 5.41) is 11.9. The molecule has 0 saturated heterocycles. The van der Waals surface area contributed by atoms with Crippen LogP contribution in [-0.2, 0) is 6.42 Å². The third kappa shape index (κ3) is 2.60. The Labute approximate surface area is 138 Å². The van der Waals surface area contributed by atoms with Gasteiger partial charge in [0.15, 0.2) is 5.65 Å². The lowest BCUT2D eigenvalue weighted by Crippen LogP contribution is -2.07. The molecular formula is C17H17N7. The van der Waals surface area contributed by atoms with Gasteiger partial charge in [0.25, 0.3) is 0 Å². The fourth-order valence-corrected chi connectivity index (χ4v) is 2.74. The number of benzene rings is 1. The van der Waals surface area contributed by atoms with Crippen molar-refractivity contribution in [3.63, 3.8) is 0 Å². The van der Waals surface area contributed by atoms with Crippen LogP contribution in [0.15, 0.2) is 48.9 Å². The Bertz CT molecular complexity index is 954. The average molecular weight is 319 g/mol. The van der Waals surface area contributed by atoms with E-state index in [9.17, 15) is 0 Å². The van der Waals surface area contributed by atoms with Crippen molar-refractivity contribution in [3.05, 3.63) is 65.9 Å². The molecule has 0 fully saturated rings. The topological polar surface area (TPSA) is 98.3 Å². The van der Waals surface area contributed by atoms with Gasteiger partial charge < -0.3 is 5.73 Å². The molecule has 0 aliphatic heterocycles. The second-order valence-corrected chi connectivity index (χ2v) is 5.73. The minimum absolute atomic E-state index is 0.196. The first-order valence-corrected chi connectivity index (χ1v) is 7.74. The van der Waals surface area contributed by atoms with Crippen LogP contribution < -0.4 is 5.73 Å². The predicted octanol–water partition coefficient (Wildman–Crippen LogP) is 2.33. The number of H-pyrrole nitrogens is 1. The van der Waals surface area contributed by atoms with Crippen LogP contribution in [0.3, 0.4) is 0 Å². The van der Waals surface area contributed by atoms with Crippen LogP contribution in [0.25, 0.3) is 11.0 Å². The van der Waals surface area contributed by atoms with Crippen molar-refractivity contribution in [2.45, 2.75) is 19.4 Å². The molecule has 0 amide bonds. The summed E-state index contributed by atoms with van der Waals surface area (Å²) in [5.41, 5.74) is 8.88. The summed E-state index contributed by atoms with van der Waals surface area (Å²) in [6, 6.07) is 10.5. The van der Waals surface area contributed by atoms with Crippen molar-refractivity contribution in [3.8, 4) is 0 Å². The van der Waals surface area contributed by atoms with E-state index in [0.717, 1.165) is 10.9 Å². The highest BCUT2D eigenvalue weighted by Crippen LogP contribution is 2.19. The second-order valence-electron chi connectivity index (χ2n) is 5.73. The highest BCUT2D eigenvalue weighted by molar-refractivity contribution is 5.84. The Morgan fingerprint density at radius 3 is 2.79 bits per heavy atom. The minimum atomic E-state index is 0.196. The monoisotopic (exact) mass is 319 g/mol. The van der Waals surface area contributed by atoms with Gasteiger partial charge in [0, 0.05) is 25.0 Å². The van der Waals surface area contributed by atoms with Crippen molar-refractivity contribution < 1.29 is 0 Å². The number of fused-ring (bicyclic) bond motifs is 1. The Kier molecular flexibility index (Phi) is 3.45. The van der Waals surface area contributed by atoms with Gasteiger partial charge in [-0.2, -0.15) is 10.2 Å². The first kappa shape index (κ1) is 14.4. The minimum Gasteiger partial charge on any atom is -0.383 e. The van der Waals surface area contributed by atoms with Gasteiger partial charge >= 0.3 is 0 Å². The standard InChI is InChI=1S/C17H17N7/c1-11(24-8-2-7-20-24)13-5-3-12(4-6-13)9-15-21-16(18)14-10-19-23-17(14)22-15/h2-8,10-11H,9H2,1H3,(H3,18,19,21,22,23). The lowest BCUT2D eigenvalue weighted by Gasteiger charge is -2.13. The van der Waals surface area contributed by atoms with Crippen molar-refractivity contribution >= 4 is 16.9 Å². The molecule has 120 valence electrons. The normalized spacial score (nSPS) is 12.5. The molecule has 4 aromatic rings. The van der Waals surface area contributed by atoms with E-state index in [4.69, 9.17) is 5.73 Å². The van der Waals surface area contributed by atoms with E-state index in [2.05, 4.69) is 56.5 Å². The number of anilines is 1. The first-order valence-electron chi connectivity index (χ1n) is 7.74. The summed E-state index contributed by atoms with van der Waals surface area (Å²) in [5.74, 6) is 1.12. The Hall–Kier alpha value is -3.22. The SMILES string of the molecule is CC(c1ccc(Cc2nc(N)c3c[nH]nc3n2)cc1)n1cccn1. The van der Waals surface area contributed by atoms with Crippen molar-refractivity contribution in [1.82, 2.24) is 29.9 Å². The van der Waals surface area contributed by atoms with Crippen LogP contribution >= 0.6 is 0 Å². The van der Waals surface area contributed by atoms with Gasteiger partial charge in [0.1, 0.15) is 11.6 Å². The quantitative estimate of drug-likeness (QED) is 0.601. The Morgan fingerprint density at radius 2 is 2.04 bits per heavy atom. The molecule has 0 radical (unpaired) electrons. The van der Waals surface area contributed by atoms with Gasteiger partial charge in [-0.3, -0.25) is 9.78 Å². The molecule has 7 heteroatoms. The molecule has 0 aliphatic rings. The number of aromatic nitrogens is 6. The molecule has 3 aromatic heterocycles.